The molecule has 3 rings (SSSR count). The molecule has 3 aliphatic rings. The highest BCUT2D eigenvalue weighted by Gasteiger charge is 2.66. The maximum atomic E-state index is 12.3. The van der Waals surface area contributed by atoms with E-state index in [9.17, 15) is 14.7 Å². The Morgan fingerprint density at radius 1 is 1.29 bits per heavy atom. The van der Waals surface area contributed by atoms with E-state index in [1.807, 2.05) is 20.8 Å². The number of amides is 1. The van der Waals surface area contributed by atoms with Crippen molar-refractivity contribution < 1.29 is 23.9 Å². The minimum absolute atomic E-state index is 0.222. The Bertz CT molecular complexity index is 487. The first-order valence-corrected chi connectivity index (χ1v) is 7.67. The fourth-order valence-corrected chi connectivity index (χ4v) is 4.54. The van der Waals surface area contributed by atoms with E-state index in [1.54, 1.807) is 0 Å². The molecule has 0 aromatic rings. The van der Waals surface area contributed by atoms with Gasteiger partial charge in [-0.25, -0.2) is 9.28 Å². The van der Waals surface area contributed by atoms with E-state index >= 15 is 0 Å². The van der Waals surface area contributed by atoms with Crippen molar-refractivity contribution in [2.24, 2.45) is 5.92 Å². The second kappa shape index (κ2) is 4.43. The molecule has 3 fully saturated rings. The molecule has 6 nitrogen and oxygen atoms in total. The molecule has 0 aromatic carbocycles. The number of fused-ring (bicyclic) bond motifs is 3. The van der Waals surface area contributed by atoms with Crippen LogP contribution in [0.15, 0.2) is 0 Å². The van der Waals surface area contributed by atoms with Crippen LogP contribution in [-0.4, -0.2) is 70.4 Å². The monoisotopic (exact) mass is 297 g/mol. The molecule has 6 heteroatoms. The van der Waals surface area contributed by atoms with Crippen molar-refractivity contribution in [1.82, 2.24) is 4.90 Å². The Morgan fingerprint density at radius 3 is 2.48 bits per heavy atom. The van der Waals surface area contributed by atoms with Crippen LogP contribution in [0.4, 0.5) is 4.79 Å². The third-order valence-corrected chi connectivity index (χ3v) is 5.78. The summed E-state index contributed by atoms with van der Waals surface area (Å²) in [5.74, 6) is 0.303. The van der Waals surface area contributed by atoms with E-state index in [0.29, 0.717) is 25.0 Å². The molecule has 0 aromatic heterocycles. The van der Waals surface area contributed by atoms with Crippen LogP contribution in [-0.2, 0) is 9.53 Å². The van der Waals surface area contributed by atoms with Crippen molar-refractivity contribution in [3.63, 3.8) is 0 Å². The van der Waals surface area contributed by atoms with E-state index < -0.39 is 23.6 Å². The SMILES string of the molecule is COC(=O)[C@@H]1CN2[C@H](C[C@@H]3C[C@@H]32)C[N+]1(C(=O)O)C(C)(C)C. The van der Waals surface area contributed by atoms with Gasteiger partial charge in [-0.1, -0.05) is 0 Å². The first-order valence-electron chi connectivity index (χ1n) is 7.67. The van der Waals surface area contributed by atoms with Crippen LogP contribution >= 0.6 is 0 Å². The summed E-state index contributed by atoms with van der Waals surface area (Å²) in [4.78, 5) is 26.9. The Balaban J connectivity index is 2.02. The molecule has 0 radical (unpaired) electrons. The van der Waals surface area contributed by atoms with E-state index in [1.165, 1.54) is 13.5 Å². The zero-order valence-electron chi connectivity index (χ0n) is 13.2. The molecule has 21 heavy (non-hydrogen) atoms. The van der Waals surface area contributed by atoms with Crippen LogP contribution in [0.1, 0.15) is 33.6 Å². The van der Waals surface area contributed by atoms with Crippen molar-refractivity contribution >= 4 is 12.1 Å². The lowest BCUT2D eigenvalue weighted by Crippen LogP contribution is -2.78. The van der Waals surface area contributed by atoms with Gasteiger partial charge in [-0.15, -0.1) is 0 Å². The third kappa shape index (κ3) is 1.92. The van der Waals surface area contributed by atoms with Gasteiger partial charge in [0.05, 0.1) is 19.7 Å². The topological polar surface area (TPSA) is 66.8 Å². The molecule has 2 aliphatic heterocycles. The second-order valence-electron chi connectivity index (χ2n) is 7.69. The molecule has 2 saturated heterocycles. The Morgan fingerprint density at radius 2 is 1.95 bits per heavy atom. The number of esters is 1. The molecule has 118 valence electrons. The predicted octanol–water partition coefficient (Wildman–Crippen LogP) is 1.30. The van der Waals surface area contributed by atoms with Crippen molar-refractivity contribution in [1.29, 1.82) is 0 Å². The fourth-order valence-electron chi connectivity index (χ4n) is 4.54. The van der Waals surface area contributed by atoms with Gasteiger partial charge >= 0.3 is 12.1 Å². The lowest BCUT2D eigenvalue weighted by molar-refractivity contribution is -0.925. The van der Waals surface area contributed by atoms with Crippen molar-refractivity contribution in [3.8, 4) is 0 Å². The highest BCUT2D eigenvalue weighted by molar-refractivity contribution is 5.77. The molecule has 1 amide bonds. The van der Waals surface area contributed by atoms with Gasteiger partial charge in [-0.3, -0.25) is 4.90 Å². The van der Waals surface area contributed by atoms with Gasteiger partial charge in [0.1, 0.15) is 12.1 Å². The summed E-state index contributed by atoms with van der Waals surface area (Å²) in [5, 5.41) is 9.98. The number of rotatable bonds is 1. The molecule has 2 heterocycles. The lowest BCUT2D eigenvalue weighted by atomic mass is 9.91. The second-order valence-corrected chi connectivity index (χ2v) is 7.69. The number of carbonyl (C=O) groups excluding carboxylic acids is 1. The first kappa shape index (κ1) is 14.8. The summed E-state index contributed by atoms with van der Waals surface area (Å²) in [7, 11) is 1.34. The molecule has 1 saturated carbocycles. The highest BCUT2D eigenvalue weighted by atomic mass is 16.5. The minimum atomic E-state index is -0.918. The summed E-state index contributed by atoms with van der Waals surface area (Å²) < 4.78 is 4.72. The number of piperazine rings is 1. The quantitative estimate of drug-likeness (QED) is 0.584. The molecule has 0 bridgehead atoms. The summed E-state index contributed by atoms with van der Waals surface area (Å²) >= 11 is 0. The Kier molecular flexibility index (Phi) is 3.12. The molecular formula is C15H25N2O4+. The van der Waals surface area contributed by atoms with Gasteiger partial charge in [0, 0.05) is 6.04 Å². The van der Waals surface area contributed by atoms with Gasteiger partial charge in [0.15, 0.2) is 0 Å². The zero-order valence-corrected chi connectivity index (χ0v) is 13.2. The van der Waals surface area contributed by atoms with Gasteiger partial charge in [0.25, 0.3) is 0 Å². The molecule has 1 N–H and O–H groups in total. The predicted molar refractivity (Wildman–Crippen MR) is 75.7 cm³/mol. The normalized spacial score (nSPS) is 42.1. The van der Waals surface area contributed by atoms with Crippen LogP contribution in [0, 0.1) is 5.92 Å². The average Bonchev–Trinajstić information content (AvgIpc) is 3.07. The van der Waals surface area contributed by atoms with Crippen molar-refractivity contribution in [2.75, 3.05) is 20.2 Å². The van der Waals surface area contributed by atoms with E-state index in [2.05, 4.69) is 4.90 Å². The molecule has 0 spiro atoms. The molecule has 5 atom stereocenters. The molecular weight excluding hydrogens is 272 g/mol. The maximum absolute atomic E-state index is 12.3. The summed E-state index contributed by atoms with van der Waals surface area (Å²) in [6.07, 6.45) is 1.35. The van der Waals surface area contributed by atoms with Gasteiger partial charge in [-0.05, 0) is 39.5 Å². The Hall–Kier alpha value is -1.14. The number of ether oxygens (including phenoxy) is 1. The van der Waals surface area contributed by atoms with Crippen molar-refractivity contribution in [2.45, 2.75) is 57.3 Å². The number of quaternary nitrogens is 1. The van der Waals surface area contributed by atoms with E-state index in [4.69, 9.17) is 4.74 Å². The van der Waals surface area contributed by atoms with Gasteiger partial charge in [0.2, 0.25) is 6.04 Å². The number of nitrogens with zero attached hydrogens (tertiary/aromatic N) is 2. The van der Waals surface area contributed by atoms with Crippen molar-refractivity contribution in [3.05, 3.63) is 0 Å². The summed E-state index contributed by atoms with van der Waals surface area (Å²) in [6.45, 7) is 6.71. The summed E-state index contributed by atoms with van der Waals surface area (Å²) in [5.41, 5.74) is -0.552. The number of piperidine rings is 1. The van der Waals surface area contributed by atoms with Crippen LogP contribution in [0.2, 0.25) is 0 Å². The number of carboxylic acid groups (broad SMARTS) is 1. The van der Waals surface area contributed by atoms with Crippen LogP contribution in [0.3, 0.4) is 0 Å². The van der Waals surface area contributed by atoms with Gasteiger partial charge in [-0.2, -0.15) is 4.79 Å². The fraction of sp³-hybridized carbons (Fsp3) is 0.867. The third-order valence-electron chi connectivity index (χ3n) is 5.78. The lowest BCUT2D eigenvalue weighted by Gasteiger charge is -2.53. The first-order chi connectivity index (χ1) is 9.72. The van der Waals surface area contributed by atoms with Gasteiger partial charge < -0.3 is 9.84 Å². The molecule has 1 aliphatic carbocycles. The van der Waals surface area contributed by atoms with E-state index in [0.717, 1.165) is 6.42 Å². The van der Waals surface area contributed by atoms with Crippen LogP contribution in [0.25, 0.3) is 0 Å². The average molecular weight is 297 g/mol. The number of carbonyl (C=O) groups is 2. The number of hydrogen-bond acceptors (Lipinski definition) is 4. The van der Waals surface area contributed by atoms with Crippen LogP contribution in [0.5, 0.6) is 0 Å². The minimum Gasteiger partial charge on any atom is -0.465 e. The highest BCUT2D eigenvalue weighted by Crippen LogP contribution is 2.51. The Labute approximate surface area is 125 Å². The van der Waals surface area contributed by atoms with E-state index in [-0.39, 0.29) is 10.5 Å². The zero-order chi connectivity index (χ0) is 15.6. The number of methoxy groups -OCH3 is 1. The smallest absolute Gasteiger partial charge is 0.465 e. The maximum Gasteiger partial charge on any atom is 0.514 e. The van der Waals surface area contributed by atoms with Crippen LogP contribution < -0.4 is 0 Å². The molecule has 1 unspecified atom stereocenters. The standard InChI is InChI=1S/C15H24N2O4/c1-15(2,3)17(14(19)20)8-10-5-9-6-11(9)16(10)7-12(17)13(18)21-4/h9-12H,5-8H2,1-4H3/p+1/t9-,10-,11+,12+,17?/m1/s1. The number of hydrogen-bond donors (Lipinski definition) is 1. The summed E-state index contributed by atoms with van der Waals surface area (Å²) in [6, 6.07) is 0.200. The largest absolute Gasteiger partial charge is 0.514 e.